The monoisotopic (exact) mass is 264 g/mol. The van der Waals surface area contributed by atoms with Gasteiger partial charge in [-0.25, -0.2) is 0 Å². The summed E-state index contributed by atoms with van der Waals surface area (Å²) in [4.78, 5) is 15.9. The highest BCUT2D eigenvalue weighted by molar-refractivity contribution is 6.33. The van der Waals surface area contributed by atoms with Gasteiger partial charge in [-0.15, -0.1) is 0 Å². The Morgan fingerprint density at radius 3 is 3.06 bits per heavy atom. The van der Waals surface area contributed by atoms with Crippen LogP contribution in [0.1, 0.15) is 21.8 Å². The van der Waals surface area contributed by atoms with Crippen molar-refractivity contribution in [1.29, 1.82) is 0 Å². The fourth-order valence-corrected chi connectivity index (χ4v) is 1.84. The molecule has 18 heavy (non-hydrogen) atoms. The Bertz CT molecular complexity index is 538. The maximum atomic E-state index is 11.8. The van der Waals surface area contributed by atoms with Crippen molar-refractivity contribution in [3.8, 4) is 0 Å². The van der Waals surface area contributed by atoms with Gasteiger partial charge in [0.2, 0.25) is 0 Å². The van der Waals surface area contributed by atoms with Crippen molar-refractivity contribution in [3.63, 3.8) is 0 Å². The molecule has 5 heteroatoms. The number of aromatic nitrogens is 1. The quantitative estimate of drug-likeness (QED) is 0.924. The van der Waals surface area contributed by atoms with Gasteiger partial charge >= 0.3 is 0 Å². The fraction of sp³-hybridized carbons (Fsp3) is 0.231. The minimum absolute atomic E-state index is 0.223. The minimum atomic E-state index is -0.223. The largest absolute Gasteiger partial charge is 0.469 e. The van der Waals surface area contributed by atoms with Gasteiger partial charge in [0.05, 0.1) is 16.8 Å². The molecule has 0 radical (unpaired) electrons. The number of hydrogen-bond donors (Lipinski definition) is 1. The highest BCUT2D eigenvalue weighted by Gasteiger charge is 2.10. The molecule has 0 atom stereocenters. The van der Waals surface area contributed by atoms with E-state index in [1.165, 1.54) is 6.20 Å². The van der Waals surface area contributed by atoms with Crippen LogP contribution in [0.2, 0.25) is 5.02 Å². The standard InChI is InChI=1S/C13H13ClN2O2/c1-9-7-12(14)11(8-16-9)13(17)15-5-4-10-3-2-6-18-10/h2-3,6-8H,4-5H2,1H3,(H,15,17). The Kier molecular flexibility index (Phi) is 3.99. The van der Waals surface area contributed by atoms with E-state index < -0.39 is 0 Å². The second kappa shape index (κ2) is 5.69. The van der Waals surface area contributed by atoms with E-state index in [0.717, 1.165) is 11.5 Å². The lowest BCUT2D eigenvalue weighted by molar-refractivity contribution is 0.0953. The van der Waals surface area contributed by atoms with Crippen LogP contribution in [0, 0.1) is 6.92 Å². The third-order valence-corrected chi connectivity index (χ3v) is 2.78. The molecular formula is C13H13ClN2O2. The van der Waals surface area contributed by atoms with Crippen LogP contribution >= 0.6 is 11.6 Å². The third kappa shape index (κ3) is 3.11. The summed E-state index contributed by atoms with van der Waals surface area (Å²) in [7, 11) is 0. The molecule has 0 unspecified atom stereocenters. The average Bonchev–Trinajstić information content (AvgIpc) is 2.81. The second-order valence-corrected chi connectivity index (χ2v) is 4.30. The third-order valence-electron chi connectivity index (χ3n) is 2.47. The lowest BCUT2D eigenvalue weighted by Gasteiger charge is -2.06. The lowest BCUT2D eigenvalue weighted by Crippen LogP contribution is -2.26. The summed E-state index contributed by atoms with van der Waals surface area (Å²) in [6.45, 7) is 2.32. The molecule has 94 valence electrons. The zero-order valence-corrected chi connectivity index (χ0v) is 10.7. The molecular weight excluding hydrogens is 252 g/mol. The average molecular weight is 265 g/mol. The Morgan fingerprint density at radius 1 is 1.56 bits per heavy atom. The van der Waals surface area contributed by atoms with Crippen molar-refractivity contribution in [2.75, 3.05) is 6.54 Å². The molecule has 0 aromatic carbocycles. The van der Waals surface area contributed by atoms with E-state index in [2.05, 4.69) is 10.3 Å². The first-order valence-electron chi connectivity index (χ1n) is 5.59. The van der Waals surface area contributed by atoms with Crippen molar-refractivity contribution in [2.45, 2.75) is 13.3 Å². The van der Waals surface area contributed by atoms with Crippen LogP contribution in [-0.4, -0.2) is 17.4 Å². The molecule has 0 bridgehead atoms. The smallest absolute Gasteiger partial charge is 0.254 e. The predicted molar refractivity (Wildman–Crippen MR) is 68.7 cm³/mol. The van der Waals surface area contributed by atoms with Crippen LogP contribution < -0.4 is 5.32 Å². The molecule has 1 N–H and O–H groups in total. The molecule has 2 aromatic rings. The Hall–Kier alpha value is -1.81. The van der Waals surface area contributed by atoms with Crippen LogP contribution in [0.25, 0.3) is 0 Å². The number of aryl methyl sites for hydroxylation is 1. The van der Waals surface area contributed by atoms with Crippen molar-refractivity contribution in [2.24, 2.45) is 0 Å². The van der Waals surface area contributed by atoms with E-state index in [0.29, 0.717) is 23.6 Å². The zero-order valence-electron chi connectivity index (χ0n) is 9.94. The van der Waals surface area contributed by atoms with Crippen molar-refractivity contribution < 1.29 is 9.21 Å². The number of hydrogen-bond acceptors (Lipinski definition) is 3. The van der Waals surface area contributed by atoms with E-state index in [1.807, 2.05) is 19.1 Å². The van der Waals surface area contributed by atoms with Crippen LogP contribution in [0.5, 0.6) is 0 Å². The SMILES string of the molecule is Cc1cc(Cl)c(C(=O)NCCc2ccco2)cn1. The van der Waals surface area contributed by atoms with Gasteiger partial charge < -0.3 is 9.73 Å². The Balaban J connectivity index is 1.91. The number of amides is 1. The fourth-order valence-electron chi connectivity index (χ4n) is 1.54. The molecule has 0 aliphatic carbocycles. The van der Waals surface area contributed by atoms with E-state index in [4.69, 9.17) is 16.0 Å². The maximum absolute atomic E-state index is 11.8. The summed E-state index contributed by atoms with van der Waals surface area (Å²) in [6.07, 6.45) is 3.74. The molecule has 0 saturated heterocycles. The second-order valence-electron chi connectivity index (χ2n) is 3.89. The minimum Gasteiger partial charge on any atom is -0.469 e. The van der Waals surface area contributed by atoms with Crippen molar-refractivity contribution >= 4 is 17.5 Å². The summed E-state index contributed by atoms with van der Waals surface area (Å²) < 4.78 is 5.17. The summed E-state index contributed by atoms with van der Waals surface area (Å²) in [5.41, 5.74) is 1.17. The number of nitrogens with zero attached hydrogens (tertiary/aromatic N) is 1. The maximum Gasteiger partial charge on any atom is 0.254 e. The van der Waals surface area contributed by atoms with Crippen molar-refractivity contribution in [1.82, 2.24) is 10.3 Å². The molecule has 0 aliphatic rings. The first-order chi connectivity index (χ1) is 8.66. The van der Waals surface area contributed by atoms with Gasteiger partial charge in [-0.05, 0) is 25.1 Å². The number of carbonyl (C=O) groups excluding carboxylic acids is 1. The molecule has 2 aromatic heterocycles. The van der Waals surface area contributed by atoms with Gasteiger partial charge in [0.15, 0.2) is 0 Å². The highest BCUT2D eigenvalue weighted by atomic mass is 35.5. The van der Waals surface area contributed by atoms with Gasteiger partial charge in [-0.1, -0.05) is 11.6 Å². The van der Waals surface area contributed by atoms with Gasteiger partial charge in [-0.2, -0.15) is 0 Å². The molecule has 0 spiro atoms. The van der Waals surface area contributed by atoms with Crippen LogP contribution in [0.4, 0.5) is 0 Å². The van der Waals surface area contributed by atoms with Gasteiger partial charge in [0, 0.05) is 24.9 Å². The number of rotatable bonds is 4. The van der Waals surface area contributed by atoms with E-state index >= 15 is 0 Å². The topological polar surface area (TPSA) is 55.1 Å². The molecule has 0 aliphatic heterocycles. The van der Waals surface area contributed by atoms with Gasteiger partial charge in [0.1, 0.15) is 5.76 Å². The van der Waals surface area contributed by atoms with E-state index in [9.17, 15) is 4.79 Å². The number of nitrogens with one attached hydrogen (secondary N) is 1. The molecule has 4 nitrogen and oxygen atoms in total. The van der Waals surface area contributed by atoms with Crippen LogP contribution in [0.3, 0.4) is 0 Å². The Labute approximate surface area is 110 Å². The van der Waals surface area contributed by atoms with Crippen LogP contribution in [0.15, 0.2) is 35.1 Å². The number of halogens is 1. The highest BCUT2D eigenvalue weighted by Crippen LogP contribution is 2.15. The summed E-state index contributed by atoms with van der Waals surface area (Å²) in [5, 5.41) is 3.19. The molecule has 1 amide bonds. The number of pyridine rings is 1. The molecule has 2 rings (SSSR count). The number of carbonyl (C=O) groups is 1. The Morgan fingerprint density at radius 2 is 2.39 bits per heavy atom. The predicted octanol–water partition coefficient (Wildman–Crippen LogP) is 2.61. The summed E-state index contributed by atoms with van der Waals surface area (Å²) >= 11 is 5.98. The van der Waals surface area contributed by atoms with Gasteiger partial charge in [0.25, 0.3) is 5.91 Å². The molecule has 0 saturated carbocycles. The molecule has 2 heterocycles. The first-order valence-corrected chi connectivity index (χ1v) is 5.97. The van der Waals surface area contributed by atoms with Crippen LogP contribution in [-0.2, 0) is 6.42 Å². The summed E-state index contributed by atoms with van der Waals surface area (Å²) in [6, 6.07) is 5.35. The zero-order chi connectivity index (χ0) is 13.0. The first kappa shape index (κ1) is 12.6. The summed E-state index contributed by atoms with van der Waals surface area (Å²) in [5.74, 6) is 0.613. The molecule has 0 fully saturated rings. The van der Waals surface area contributed by atoms with E-state index in [1.54, 1.807) is 12.3 Å². The van der Waals surface area contributed by atoms with Crippen molar-refractivity contribution in [3.05, 3.63) is 52.7 Å². The number of furan rings is 1. The van der Waals surface area contributed by atoms with E-state index in [-0.39, 0.29) is 5.91 Å². The normalized spacial score (nSPS) is 10.3. The lowest BCUT2D eigenvalue weighted by atomic mass is 10.2. The van der Waals surface area contributed by atoms with Gasteiger partial charge in [-0.3, -0.25) is 9.78 Å².